The normalized spacial score (nSPS) is 10.8. The van der Waals surface area contributed by atoms with Crippen LogP contribution in [0, 0.1) is 6.92 Å². The quantitative estimate of drug-likeness (QED) is 0.582. The number of carbonyl (C=O) groups excluding carboxylic acids is 1. The first-order valence-corrected chi connectivity index (χ1v) is 10.5. The number of nitrogens with one attached hydrogen (secondary N) is 1. The molecule has 0 saturated carbocycles. The number of rotatable bonds is 7. The maximum atomic E-state index is 12.8. The predicted molar refractivity (Wildman–Crippen MR) is 117 cm³/mol. The zero-order valence-corrected chi connectivity index (χ0v) is 17.4. The molecule has 0 fully saturated rings. The number of anilines is 1. The lowest BCUT2D eigenvalue weighted by atomic mass is 10.2. The number of halogens is 1. The third-order valence-corrected chi connectivity index (χ3v) is 5.76. The SMILES string of the molecule is Cc1c(NC(=O)CCSCc2ccc(Cl)cc2)c(=O)n(-c2ccccc2)n1C. The van der Waals surface area contributed by atoms with Gasteiger partial charge in [-0.25, -0.2) is 4.68 Å². The zero-order valence-electron chi connectivity index (χ0n) is 15.8. The highest BCUT2D eigenvalue weighted by atomic mass is 35.5. The standard InChI is InChI=1S/C21H22ClN3O2S/c1-15-20(21(27)25(24(15)2)18-6-4-3-5-7-18)23-19(26)12-13-28-14-16-8-10-17(22)11-9-16/h3-11H,12-14H2,1-2H3,(H,23,26). The highest BCUT2D eigenvalue weighted by molar-refractivity contribution is 7.98. The van der Waals surface area contributed by atoms with Crippen LogP contribution in [0.4, 0.5) is 5.69 Å². The summed E-state index contributed by atoms with van der Waals surface area (Å²) in [7, 11) is 1.81. The van der Waals surface area contributed by atoms with Crippen LogP contribution in [-0.2, 0) is 17.6 Å². The first-order valence-electron chi connectivity index (χ1n) is 8.93. The number of thioether (sulfide) groups is 1. The molecule has 0 unspecified atom stereocenters. The molecule has 28 heavy (non-hydrogen) atoms. The summed E-state index contributed by atoms with van der Waals surface area (Å²) in [6, 6.07) is 17.1. The summed E-state index contributed by atoms with van der Waals surface area (Å²) in [5.74, 6) is 1.33. The molecule has 0 aliphatic heterocycles. The smallest absolute Gasteiger partial charge is 0.295 e. The van der Waals surface area contributed by atoms with Gasteiger partial charge in [-0.05, 0) is 36.8 Å². The fourth-order valence-corrected chi connectivity index (χ4v) is 3.88. The molecular formula is C21H22ClN3O2S. The van der Waals surface area contributed by atoms with Crippen LogP contribution in [0.1, 0.15) is 17.7 Å². The van der Waals surface area contributed by atoms with E-state index in [0.717, 1.165) is 17.1 Å². The van der Waals surface area contributed by atoms with Gasteiger partial charge in [0.05, 0.1) is 11.4 Å². The lowest BCUT2D eigenvalue weighted by molar-refractivity contribution is -0.115. The first kappa shape index (κ1) is 20.3. The van der Waals surface area contributed by atoms with Crippen molar-refractivity contribution in [1.82, 2.24) is 9.36 Å². The number of aromatic nitrogens is 2. The molecule has 0 saturated heterocycles. The van der Waals surface area contributed by atoms with E-state index in [1.54, 1.807) is 28.2 Å². The van der Waals surface area contributed by atoms with Gasteiger partial charge >= 0.3 is 0 Å². The van der Waals surface area contributed by atoms with E-state index in [4.69, 9.17) is 11.6 Å². The number of amides is 1. The van der Waals surface area contributed by atoms with Crippen LogP contribution in [0.25, 0.3) is 5.69 Å². The van der Waals surface area contributed by atoms with Crippen molar-refractivity contribution in [2.75, 3.05) is 11.1 Å². The molecule has 0 aliphatic carbocycles. The van der Waals surface area contributed by atoms with E-state index in [1.807, 2.05) is 61.5 Å². The van der Waals surface area contributed by atoms with Gasteiger partial charge in [-0.2, -0.15) is 11.8 Å². The summed E-state index contributed by atoms with van der Waals surface area (Å²) < 4.78 is 3.31. The molecular weight excluding hydrogens is 394 g/mol. The van der Waals surface area contributed by atoms with Crippen molar-refractivity contribution in [2.45, 2.75) is 19.1 Å². The number of nitrogens with zero attached hydrogens (tertiary/aromatic N) is 2. The molecule has 0 atom stereocenters. The monoisotopic (exact) mass is 415 g/mol. The van der Waals surface area contributed by atoms with E-state index >= 15 is 0 Å². The Balaban J connectivity index is 1.60. The second-order valence-electron chi connectivity index (χ2n) is 6.41. The van der Waals surface area contributed by atoms with Gasteiger partial charge in [-0.1, -0.05) is 41.9 Å². The second kappa shape index (κ2) is 9.17. The number of hydrogen-bond acceptors (Lipinski definition) is 3. The van der Waals surface area contributed by atoms with Crippen LogP contribution < -0.4 is 10.9 Å². The maximum absolute atomic E-state index is 12.8. The molecule has 0 aliphatic rings. The molecule has 1 heterocycles. The van der Waals surface area contributed by atoms with Crippen LogP contribution in [0.2, 0.25) is 5.02 Å². The molecule has 5 nitrogen and oxygen atoms in total. The number of carbonyl (C=O) groups is 1. The van der Waals surface area contributed by atoms with E-state index in [2.05, 4.69) is 5.32 Å². The van der Waals surface area contributed by atoms with Gasteiger partial charge in [-0.3, -0.25) is 14.3 Å². The van der Waals surface area contributed by atoms with Gasteiger partial charge in [0.2, 0.25) is 5.91 Å². The van der Waals surface area contributed by atoms with Gasteiger partial charge in [-0.15, -0.1) is 0 Å². The Bertz CT molecular complexity index is 1010. The number of benzene rings is 2. The van der Waals surface area contributed by atoms with Crippen molar-refractivity contribution in [3.8, 4) is 5.69 Å². The minimum absolute atomic E-state index is 0.158. The molecule has 0 spiro atoms. The highest BCUT2D eigenvalue weighted by Gasteiger charge is 2.17. The van der Waals surface area contributed by atoms with Crippen molar-refractivity contribution in [3.05, 3.63) is 81.2 Å². The van der Waals surface area contributed by atoms with E-state index in [-0.39, 0.29) is 11.5 Å². The predicted octanol–water partition coefficient (Wildman–Crippen LogP) is 4.40. The fraction of sp³-hybridized carbons (Fsp3) is 0.238. The Kier molecular flexibility index (Phi) is 6.65. The third kappa shape index (κ3) is 4.69. The van der Waals surface area contributed by atoms with Crippen LogP contribution in [0.15, 0.2) is 59.4 Å². The third-order valence-electron chi connectivity index (χ3n) is 4.47. The molecule has 1 amide bonds. The van der Waals surface area contributed by atoms with E-state index in [9.17, 15) is 9.59 Å². The average Bonchev–Trinajstić information content (AvgIpc) is 2.90. The average molecular weight is 416 g/mol. The van der Waals surface area contributed by atoms with Crippen LogP contribution in [0.5, 0.6) is 0 Å². The van der Waals surface area contributed by atoms with Gasteiger partial charge in [0.25, 0.3) is 5.56 Å². The Labute approximate surface area is 173 Å². The van der Waals surface area contributed by atoms with Crippen LogP contribution in [-0.4, -0.2) is 21.0 Å². The van der Waals surface area contributed by atoms with Gasteiger partial charge in [0.15, 0.2) is 0 Å². The van der Waals surface area contributed by atoms with Crippen molar-refractivity contribution in [3.63, 3.8) is 0 Å². The minimum atomic E-state index is -0.228. The summed E-state index contributed by atoms with van der Waals surface area (Å²) in [5, 5.41) is 3.51. The first-order chi connectivity index (χ1) is 13.5. The van der Waals surface area contributed by atoms with E-state index in [1.165, 1.54) is 5.56 Å². The van der Waals surface area contributed by atoms with E-state index < -0.39 is 0 Å². The molecule has 1 aromatic heterocycles. The van der Waals surface area contributed by atoms with Crippen molar-refractivity contribution < 1.29 is 4.79 Å². The molecule has 3 aromatic rings. The van der Waals surface area contributed by atoms with Gasteiger partial charge < -0.3 is 5.32 Å². The Hall–Kier alpha value is -2.44. The van der Waals surface area contributed by atoms with Crippen LogP contribution in [0.3, 0.4) is 0 Å². The van der Waals surface area contributed by atoms with Crippen molar-refractivity contribution >= 4 is 35.0 Å². The highest BCUT2D eigenvalue weighted by Crippen LogP contribution is 2.17. The molecule has 1 N–H and O–H groups in total. The fourth-order valence-electron chi connectivity index (χ4n) is 2.85. The molecule has 146 valence electrons. The number of para-hydroxylation sites is 1. The lowest BCUT2D eigenvalue weighted by Crippen LogP contribution is -2.23. The molecule has 7 heteroatoms. The Morgan fingerprint density at radius 3 is 2.46 bits per heavy atom. The van der Waals surface area contributed by atoms with Gasteiger partial charge in [0, 0.05) is 30.0 Å². The second-order valence-corrected chi connectivity index (χ2v) is 7.96. The zero-order chi connectivity index (χ0) is 20.1. The van der Waals surface area contributed by atoms with Crippen molar-refractivity contribution in [2.24, 2.45) is 7.05 Å². The summed E-state index contributed by atoms with van der Waals surface area (Å²) in [4.78, 5) is 25.1. The van der Waals surface area contributed by atoms with Gasteiger partial charge in [0.1, 0.15) is 5.69 Å². The summed E-state index contributed by atoms with van der Waals surface area (Å²) >= 11 is 7.55. The number of hydrogen-bond donors (Lipinski definition) is 1. The lowest BCUT2D eigenvalue weighted by Gasteiger charge is -2.07. The molecule has 0 bridgehead atoms. The molecule has 0 radical (unpaired) electrons. The Morgan fingerprint density at radius 1 is 1.11 bits per heavy atom. The molecule has 2 aromatic carbocycles. The van der Waals surface area contributed by atoms with Crippen LogP contribution >= 0.6 is 23.4 Å². The summed E-state index contributed by atoms with van der Waals surface area (Å²) in [6.45, 7) is 1.83. The summed E-state index contributed by atoms with van der Waals surface area (Å²) in [5.41, 5.74) is 2.75. The molecule has 3 rings (SSSR count). The maximum Gasteiger partial charge on any atom is 0.295 e. The summed E-state index contributed by atoms with van der Waals surface area (Å²) in [6.07, 6.45) is 0.345. The van der Waals surface area contributed by atoms with E-state index in [0.29, 0.717) is 22.9 Å². The Morgan fingerprint density at radius 2 is 1.79 bits per heavy atom. The topological polar surface area (TPSA) is 56.0 Å². The van der Waals surface area contributed by atoms with Crippen molar-refractivity contribution in [1.29, 1.82) is 0 Å². The minimum Gasteiger partial charge on any atom is -0.320 e. The largest absolute Gasteiger partial charge is 0.320 e.